The lowest BCUT2D eigenvalue weighted by Gasteiger charge is -2.31. The van der Waals surface area contributed by atoms with Gasteiger partial charge in [0.25, 0.3) is 0 Å². The highest BCUT2D eigenvalue weighted by atomic mass is 16.5. The molecule has 134 valence electrons. The van der Waals surface area contributed by atoms with Crippen molar-refractivity contribution in [3.05, 3.63) is 23.3 Å². The van der Waals surface area contributed by atoms with Crippen LogP contribution in [0.4, 0.5) is 10.5 Å². The normalized spacial score (nSPS) is 10.4. The minimum atomic E-state index is -0.273. The summed E-state index contributed by atoms with van der Waals surface area (Å²) in [5.74, 6) is 0.468. The molecule has 2 amide bonds. The largest absolute Gasteiger partial charge is 0.494 e. The highest BCUT2D eigenvalue weighted by Gasteiger charge is 2.28. The zero-order chi connectivity index (χ0) is 18.3. The molecule has 0 aromatic heterocycles. The Morgan fingerprint density at radius 3 is 2.17 bits per heavy atom. The standard InChI is InChI=1S/C18H30N4O2/c1-6-13-11-12-15(24-10-5)14(7-2)16(13)22(17(19)20)18(23)21(8-3)9-4/h11-12H,6-10H2,1-5H3,(H3,19,20). The van der Waals surface area contributed by atoms with E-state index in [0.717, 1.165) is 23.3 Å². The summed E-state index contributed by atoms with van der Waals surface area (Å²) in [5.41, 5.74) is 8.39. The molecule has 0 atom stereocenters. The van der Waals surface area contributed by atoms with Gasteiger partial charge in [0.05, 0.1) is 12.3 Å². The summed E-state index contributed by atoms with van der Waals surface area (Å²) in [7, 11) is 0. The Morgan fingerprint density at radius 1 is 1.12 bits per heavy atom. The second kappa shape index (κ2) is 9.15. The molecule has 1 aromatic carbocycles. The van der Waals surface area contributed by atoms with Gasteiger partial charge < -0.3 is 15.4 Å². The van der Waals surface area contributed by atoms with E-state index in [1.807, 2.05) is 46.8 Å². The Morgan fingerprint density at radius 2 is 1.75 bits per heavy atom. The minimum absolute atomic E-state index is 0.273. The molecule has 24 heavy (non-hydrogen) atoms. The fourth-order valence-corrected chi connectivity index (χ4v) is 2.82. The van der Waals surface area contributed by atoms with Crippen LogP contribution in [0.2, 0.25) is 0 Å². The molecular weight excluding hydrogens is 304 g/mol. The second-order valence-corrected chi connectivity index (χ2v) is 5.37. The van der Waals surface area contributed by atoms with E-state index in [4.69, 9.17) is 15.9 Å². The van der Waals surface area contributed by atoms with E-state index in [1.54, 1.807) is 4.90 Å². The Bertz CT molecular complexity index is 583. The Balaban J connectivity index is 3.59. The lowest BCUT2D eigenvalue weighted by atomic mass is 10.0. The number of amides is 2. The minimum Gasteiger partial charge on any atom is -0.494 e. The third kappa shape index (κ3) is 3.99. The molecule has 0 spiro atoms. The number of ether oxygens (including phenoxy) is 1. The van der Waals surface area contributed by atoms with Crippen LogP contribution in [-0.4, -0.2) is 36.6 Å². The number of nitrogens with one attached hydrogen (secondary N) is 1. The smallest absolute Gasteiger partial charge is 0.331 e. The van der Waals surface area contributed by atoms with E-state index in [2.05, 4.69) is 0 Å². The number of nitrogens with two attached hydrogens (primary N) is 1. The second-order valence-electron chi connectivity index (χ2n) is 5.37. The Labute approximate surface area is 145 Å². The molecule has 0 aliphatic carbocycles. The van der Waals surface area contributed by atoms with E-state index in [0.29, 0.717) is 31.8 Å². The van der Waals surface area contributed by atoms with Crippen molar-refractivity contribution in [2.45, 2.75) is 47.5 Å². The molecule has 0 radical (unpaired) electrons. The van der Waals surface area contributed by atoms with Crippen LogP contribution in [0.25, 0.3) is 0 Å². The number of benzene rings is 1. The van der Waals surface area contributed by atoms with Gasteiger partial charge in [-0.15, -0.1) is 0 Å². The topological polar surface area (TPSA) is 82.6 Å². The van der Waals surface area contributed by atoms with Crippen LogP contribution in [0.1, 0.15) is 45.7 Å². The molecule has 6 heteroatoms. The fraction of sp³-hybridized carbons (Fsp3) is 0.556. The van der Waals surface area contributed by atoms with Crippen molar-refractivity contribution in [1.82, 2.24) is 4.90 Å². The summed E-state index contributed by atoms with van der Waals surface area (Å²) in [6.45, 7) is 11.5. The number of nitrogens with zero attached hydrogens (tertiary/aromatic N) is 2. The number of carbonyl (C=O) groups is 1. The average molecular weight is 334 g/mol. The van der Waals surface area contributed by atoms with Gasteiger partial charge in [-0.25, -0.2) is 9.69 Å². The molecule has 1 aromatic rings. The molecule has 0 heterocycles. The van der Waals surface area contributed by atoms with Crippen molar-refractivity contribution >= 4 is 17.7 Å². The molecule has 0 saturated carbocycles. The fourth-order valence-electron chi connectivity index (χ4n) is 2.82. The third-order valence-electron chi connectivity index (χ3n) is 4.05. The predicted octanol–water partition coefficient (Wildman–Crippen LogP) is 3.37. The quantitative estimate of drug-likeness (QED) is 0.592. The molecule has 0 fully saturated rings. The van der Waals surface area contributed by atoms with Gasteiger partial charge in [0.15, 0.2) is 0 Å². The summed E-state index contributed by atoms with van der Waals surface area (Å²) in [6.07, 6.45) is 1.43. The highest BCUT2D eigenvalue weighted by Crippen LogP contribution is 2.35. The van der Waals surface area contributed by atoms with Gasteiger partial charge in [0.2, 0.25) is 5.96 Å². The number of aryl methyl sites for hydroxylation is 1. The van der Waals surface area contributed by atoms with Gasteiger partial charge in [0, 0.05) is 18.7 Å². The zero-order valence-corrected chi connectivity index (χ0v) is 15.5. The molecule has 0 aliphatic heterocycles. The van der Waals surface area contributed by atoms with E-state index < -0.39 is 0 Å². The number of urea groups is 1. The first-order valence-corrected chi connectivity index (χ1v) is 8.67. The maximum Gasteiger partial charge on any atom is 0.331 e. The monoisotopic (exact) mass is 334 g/mol. The van der Waals surface area contributed by atoms with Crippen LogP contribution >= 0.6 is 0 Å². The first-order chi connectivity index (χ1) is 11.5. The first-order valence-electron chi connectivity index (χ1n) is 8.67. The van der Waals surface area contributed by atoms with Crippen molar-refractivity contribution < 1.29 is 9.53 Å². The zero-order valence-electron chi connectivity index (χ0n) is 15.5. The lowest BCUT2D eigenvalue weighted by molar-refractivity contribution is 0.213. The number of hydrogen-bond acceptors (Lipinski definition) is 3. The summed E-state index contributed by atoms with van der Waals surface area (Å²) in [4.78, 5) is 15.9. The van der Waals surface area contributed by atoms with Crippen molar-refractivity contribution in [2.24, 2.45) is 5.73 Å². The van der Waals surface area contributed by atoms with Gasteiger partial charge in [-0.2, -0.15) is 0 Å². The van der Waals surface area contributed by atoms with Crippen LogP contribution in [0, 0.1) is 5.41 Å². The van der Waals surface area contributed by atoms with Crippen LogP contribution in [0.5, 0.6) is 5.75 Å². The van der Waals surface area contributed by atoms with Crippen molar-refractivity contribution in [1.29, 1.82) is 5.41 Å². The SMILES string of the molecule is CCOc1ccc(CC)c(N(C(=N)N)C(=O)N(CC)CC)c1CC. The van der Waals surface area contributed by atoms with Gasteiger partial charge in [-0.3, -0.25) is 5.41 Å². The van der Waals surface area contributed by atoms with Gasteiger partial charge in [-0.1, -0.05) is 19.9 Å². The molecule has 1 rings (SSSR count). The maximum absolute atomic E-state index is 12.9. The van der Waals surface area contributed by atoms with E-state index in [-0.39, 0.29) is 12.0 Å². The number of anilines is 1. The maximum atomic E-state index is 12.9. The molecule has 0 bridgehead atoms. The van der Waals surface area contributed by atoms with Crippen LogP contribution < -0.4 is 15.4 Å². The average Bonchev–Trinajstić information content (AvgIpc) is 2.56. The molecular formula is C18H30N4O2. The lowest BCUT2D eigenvalue weighted by Crippen LogP contribution is -2.49. The Hall–Kier alpha value is -2.24. The number of guanidine groups is 1. The van der Waals surface area contributed by atoms with Crippen molar-refractivity contribution in [3.8, 4) is 5.75 Å². The number of hydrogen-bond donors (Lipinski definition) is 2. The molecule has 6 nitrogen and oxygen atoms in total. The van der Waals surface area contributed by atoms with Gasteiger partial charge in [0.1, 0.15) is 5.75 Å². The molecule has 0 saturated heterocycles. The van der Waals surface area contributed by atoms with Crippen LogP contribution in [-0.2, 0) is 12.8 Å². The summed E-state index contributed by atoms with van der Waals surface area (Å²) >= 11 is 0. The van der Waals surface area contributed by atoms with E-state index in [1.165, 1.54) is 4.90 Å². The van der Waals surface area contributed by atoms with Crippen LogP contribution in [0.3, 0.4) is 0 Å². The van der Waals surface area contributed by atoms with E-state index >= 15 is 0 Å². The van der Waals surface area contributed by atoms with E-state index in [9.17, 15) is 4.79 Å². The highest BCUT2D eigenvalue weighted by molar-refractivity contribution is 6.15. The third-order valence-corrected chi connectivity index (χ3v) is 4.05. The number of rotatable bonds is 7. The number of carbonyl (C=O) groups excluding carboxylic acids is 1. The summed E-state index contributed by atoms with van der Waals surface area (Å²) < 4.78 is 5.73. The van der Waals surface area contributed by atoms with Crippen molar-refractivity contribution in [3.63, 3.8) is 0 Å². The van der Waals surface area contributed by atoms with Crippen LogP contribution in [0.15, 0.2) is 12.1 Å². The molecule has 3 N–H and O–H groups in total. The van der Waals surface area contributed by atoms with Gasteiger partial charge in [-0.05, 0) is 45.2 Å². The first kappa shape index (κ1) is 19.8. The molecule has 0 unspecified atom stereocenters. The predicted molar refractivity (Wildman–Crippen MR) is 99.1 cm³/mol. The van der Waals surface area contributed by atoms with Crippen molar-refractivity contribution in [2.75, 3.05) is 24.6 Å². The summed E-state index contributed by atoms with van der Waals surface area (Å²) in [6, 6.07) is 3.61. The Kier molecular flexibility index (Phi) is 7.55. The molecule has 0 aliphatic rings. The van der Waals surface area contributed by atoms with Gasteiger partial charge >= 0.3 is 6.03 Å². The summed E-state index contributed by atoms with van der Waals surface area (Å²) in [5, 5.41) is 7.99.